The van der Waals surface area contributed by atoms with Gasteiger partial charge >= 0.3 is 11.9 Å². The van der Waals surface area contributed by atoms with Crippen LogP contribution in [0.1, 0.15) is 39.0 Å². The van der Waals surface area contributed by atoms with Gasteiger partial charge in [0.2, 0.25) is 0 Å². The van der Waals surface area contributed by atoms with Crippen molar-refractivity contribution in [2.45, 2.75) is 39.0 Å². The summed E-state index contributed by atoms with van der Waals surface area (Å²) < 4.78 is 9.53. The van der Waals surface area contributed by atoms with Crippen molar-refractivity contribution in [1.82, 2.24) is 0 Å². The largest absolute Gasteiger partial charge is 0.466 e. The van der Waals surface area contributed by atoms with Crippen LogP contribution in [0.3, 0.4) is 0 Å². The van der Waals surface area contributed by atoms with Gasteiger partial charge in [0, 0.05) is 5.57 Å². The second kappa shape index (κ2) is 6.42. The molecule has 4 nitrogen and oxygen atoms in total. The van der Waals surface area contributed by atoms with E-state index in [2.05, 4.69) is 0 Å². The van der Waals surface area contributed by atoms with Crippen molar-refractivity contribution in [2.75, 3.05) is 14.2 Å². The third-order valence-corrected chi connectivity index (χ3v) is 3.28. The fourth-order valence-electron chi connectivity index (χ4n) is 2.43. The number of hydrogen-bond donors (Lipinski definition) is 0. The Kier molecular flexibility index (Phi) is 5.19. The summed E-state index contributed by atoms with van der Waals surface area (Å²) in [5, 5.41) is 0. The molecule has 17 heavy (non-hydrogen) atoms. The molecule has 0 heterocycles. The van der Waals surface area contributed by atoms with E-state index in [1.165, 1.54) is 14.2 Å². The molecule has 0 aromatic carbocycles. The highest BCUT2D eigenvalue weighted by Crippen LogP contribution is 2.34. The van der Waals surface area contributed by atoms with Crippen LogP contribution >= 0.6 is 0 Å². The first-order chi connectivity index (χ1) is 8.15. The van der Waals surface area contributed by atoms with E-state index in [1.54, 1.807) is 0 Å². The average Bonchev–Trinajstić information content (AvgIpc) is 2.87. The predicted octanol–water partition coefficient (Wildman–Crippen LogP) is 2.23. The predicted molar refractivity (Wildman–Crippen MR) is 63.3 cm³/mol. The Morgan fingerprint density at radius 2 is 1.59 bits per heavy atom. The van der Waals surface area contributed by atoms with E-state index in [0.717, 1.165) is 25.7 Å². The lowest BCUT2D eigenvalue weighted by atomic mass is 9.91. The standard InChI is InChI=1S/C13H20O4/c1-4-10(12(14)16-2)11(13(15)17-3)9-7-5-6-8-9/h9H,4-8H2,1-3H3/b11-10-. The summed E-state index contributed by atoms with van der Waals surface area (Å²) in [6.45, 7) is 1.85. The molecular formula is C13H20O4. The fraction of sp³-hybridized carbons (Fsp3) is 0.692. The number of carbonyl (C=O) groups is 2. The van der Waals surface area contributed by atoms with Crippen LogP contribution in [0.5, 0.6) is 0 Å². The van der Waals surface area contributed by atoms with Gasteiger partial charge in [0.05, 0.1) is 19.8 Å². The van der Waals surface area contributed by atoms with Gasteiger partial charge in [0.15, 0.2) is 0 Å². The monoisotopic (exact) mass is 240 g/mol. The third kappa shape index (κ3) is 3.08. The van der Waals surface area contributed by atoms with Crippen molar-refractivity contribution in [3.63, 3.8) is 0 Å². The highest BCUT2D eigenvalue weighted by Gasteiger charge is 2.30. The van der Waals surface area contributed by atoms with Crippen LogP contribution < -0.4 is 0 Å². The van der Waals surface area contributed by atoms with Crippen LogP contribution in [0.4, 0.5) is 0 Å². The quantitative estimate of drug-likeness (QED) is 0.558. The number of esters is 2. The molecule has 0 atom stereocenters. The first kappa shape index (κ1) is 13.7. The van der Waals surface area contributed by atoms with E-state index in [1.807, 2.05) is 6.92 Å². The number of ether oxygens (including phenoxy) is 2. The minimum Gasteiger partial charge on any atom is -0.466 e. The molecule has 96 valence electrons. The molecule has 0 saturated heterocycles. The summed E-state index contributed by atoms with van der Waals surface area (Å²) in [5.74, 6) is -0.657. The Balaban J connectivity index is 3.12. The van der Waals surface area contributed by atoms with Crippen LogP contribution in [-0.2, 0) is 19.1 Å². The zero-order valence-electron chi connectivity index (χ0n) is 10.7. The normalized spacial score (nSPS) is 17.6. The van der Waals surface area contributed by atoms with Gasteiger partial charge in [-0.1, -0.05) is 19.8 Å². The van der Waals surface area contributed by atoms with Crippen molar-refractivity contribution in [3.05, 3.63) is 11.1 Å². The highest BCUT2D eigenvalue weighted by molar-refractivity contribution is 6.00. The summed E-state index contributed by atoms with van der Waals surface area (Å²) in [7, 11) is 2.68. The van der Waals surface area contributed by atoms with Crippen molar-refractivity contribution < 1.29 is 19.1 Å². The maximum absolute atomic E-state index is 11.8. The molecule has 0 aromatic heterocycles. The third-order valence-electron chi connectivity index (χ3n) is 3.28. The molecule has 1 saturated carbocycles. The summed E-state index contributed by atoms with van der Waals surface area (Å²) in [5.41, 5.74) is 0.991. The van der Waals surface area contributed by atoms with Crippen molar-refractivity contribution in [1.29, 1.82) is 0 Å². The molecule has 1 aliphatic carbocycles. The summed E-state index contributed by atoms with van der Waals surface area (Å²) in [4.78, 5) is 23.5. The lowest BCUT2D eigenvalue weighted by molar-refractivity contribution is -0.140. The number of rotatable bonds is 4. The maximum Gasteiger partial charge on any atom is 0.334 e. The molecule has 0 radical (unpaired) electrons. The van der Waals surface area contributed by atoms with E-state index in [0.29, 0.717) is 17.6 Å². The van der Waals surface area contributed by atoms with Crippen LogP contribution in [0.15, 0.2) is 11.1 Å². The van der Waals surface area contributed by atoms with Crippen LogP contribution in [0.2, 0.25) is 0 Å². The zero-order chi connectivity index (χ0) is 12.8. The molecular weight excluding hydrogens is 220 g/mol. The first-order valence-corrected chi connectivity index (χ1v) is 6.05. The van der Waals surface area contributed by atoms with Gasteiger partial charge in [-0.25, -0.2) is 9.59 Å². The van der Waals surface area contributed by atoms with E-state index < -0.39 is 5.97 Å². The average molecular weight is 240 g/mol. The Morgan fingerprint density at radius 1 is 1.06 bits per heavy atom. The minimum atomic E-state index is -0.417. The lowest BCUT2D eigenvalue weighted by Gasteiger charge is -2.16. The van der Waals surface area contributed by atoms with Crippen molar-refractivity contribution >= 4 is 11.9 Å². The topological polar surface area (TPSA) is 52.6 Å². The molecule has 1 aliphatic rings. The van der Waals surface area contributed by atoms with Gasteiger partial charge in [-0.05, 0) is 25.2 Å². The molecule has 0 N–H and O–H groups in total. The Labute approximate surface area is 102 Å². The fourth-order valence-corrected chi connectivity index (χ4v) is 2.43. The molecule has 0 aromatic rings. The second-order valence-corrected chi connectivity index (χ2v) is 4.21. The van der Waals surface area contributed by atoms with E-state index in [-0.39, 0.29) is 11.9 Å². The van der Waals surface area contributed by atoms with Gasteiger partial charge in [-0.2, -0.15) is 0 Å². The summed E-state index contributed by atoms with van der Waals surface area (Å²) in [6.07, 6.45) is 4.59. The summed E-state index contributed by atoms with van der Waals surface area (Å²) >= 11 is 0. The SMILES string of the molecule is CC/C(C(=O)OC)=C(/C(=O)OC)C1CCCC1. The van der Waals surface area contributed by atoms with Gasteiger partial charge in [0.25, 0.3) is 0 Å². The molecule has 1 rings (SSSR count). The van der Waals surface area contributed by atoms with Gasteiger partial charge in [-0.3, -0.25) is 0 Å². The van der Waals surface area contributed by atoms with E-state index >= 15 is 0 Å². The van der Waals surface area contributed by atoms with Crippen LogP contribution in [0.25, 0.3) is 0 Å². The maximum atomic E-state index is 11.8. The summed E-state index contributed by atoms with van der Waals surface area (Å²) in [6, 6.07) is 0. The van der Waals surface area contributed by atoms with E-state index in [9.17, 15) is 9.59 Å². The minimum absolute atomic E-state index is 0.150. The number of methoxy groups -OCH3 is 2. The Bertz CT molecular complexity index is 324. The van der Waals surface area contributed by atoms with Crippen LogP contribution in [0, 0.1) is 5.92 Å². The molecule has 1 fully saturated rings. The zero-order valence-corrected chi connectivity index (χ0v) is 10.7. The second-order valence-electron chi connectivity index (χ2n) is 4.21. The Hall–Kier alpha value is -1.32. The molecule has 0 spiro atoms. The van der Waals surface area contributed by atoms with E-state index in [4.69, 9.17) is 9.47 Å². The van der Waals surface area contributed by atoms with Crippen LogP contribution in [-0.4, -0.2) is 26.2 Å². The van der Waals surface area contributed by atoms with Gasteiger partial charge in [-0.15, -0.1) is 0 Å². The van der Waals surface area contributed by atoms with Gasteiger partial charge in [0.1, 0.15) is 0 Å². The Morgan fingerprint density at radius 3 is 2.00 bits per heavy atom. The first-order valence-electron chi connectivity index (χ1n) is 6.05. The number of hydrogen-bond acceptors (Lipinski definition) is 4. The lowest BCUT2D eigenvalue weighted by Crippen LogP contribution is -2.19. The van der Waals surface area contributed by atoms with Crippen molar-refractivity contribution in [3.8, 4) is 0 Å². The number of carbonyl (C=O) groups excluding carboxylic acids is 2. The highest BCUT2D eigenvalue weighted by atomic mass is 16.5. The molecule has 0 aliphatic heterocycles. The molecule has 4 heteroatoms. The van der Waals surface area contributed by atoms with Crippen molar-refractivity contribution in [2.24, 2.45) is 5.92 Å². The smallest absolute Gasteiger partial charge is 0.334 e. The molecule has 0 amide bonds. The van der Waals surface area contributed by atoms with Gasteiger partial charge < -0.3 is 9.47 Å². The molecule has 0 bridgehead atoms. The molecule has 0 unspecified atom stereocenters.